The average molecular weight is 240 g/mol. The van der Waals surface area contributed by atoms with E-state index in [1.165, 1.54) is 5.69 Å². The fourth-order valence-electron chi connectivity index (χ4n) is 1.71. The van der Waals surface area contributed by atoms with Gasteiger partial charge < -0.3 is 9.64 Å². The molecule has 3 nitrogen and oxygen atoms in total. The van der Waals surface area contributed by atoms with Gasteiger partial charge in [0.05, 0.1) is 12.3 Å². The Hall–Kier alpha value is -0.450. The minimum absolute atomic E-state index is 0.134. The van der Waals surface area contributed by atoms with Crippen LogP contribution in [0.3, 0.4) is 0 Å². The van der Waals surface area contributed by atoms with Gasteiger partial charge in [0, 0.05) is 23.9 Å². The molecule has 1 unspecified atom stereocenters. The van der Waals surface area contributed by atoms with Crippen molar-refractivity contribution in [3.8, 4) is 0 Å². The van der Waals surface area contributed by atoms with Crippen LogP contribution in [0.4, 0.5) is 0 Å². The molecule has 1 atom stereocenters. The number of aromatic nitrogens is 1. The van der Waals surface area contributed by atoms with Gasteiger partial charge in [-0.15, -0.1) is 11.3 Å². The second-order valence-corrected chi connectivity index (χ2v) is 6.33. The predicted molar refractivity (Wildman–Crippen MR) is 67.0 cm³/mol. The van der Waals surface area contributed by atoms with Crippen LogP contribution >= 0.6 is 11.3 Å². The lowest BCUT2D eigenvalue weighted by Gasteiger charge is -2.28. The lowest BCUT2D eigenvalue weighted by Crippen LogP contribution is -2.35. The van der Waals surface area contributed by atoms with Gasteiger partial charge in [0.15, 0.2) is 0 Å². The van der Waals surface area contributed by atoms with E-state index in [4.69, 9.17) is 9.72 Å². The Morgan fingerprint density at radius 1 is 1.50 bits per heavy atom. The molecule has 1 aromatic heterocycles. The summed E-state index contributed by atoms with van der Waals surface area (Å²) in [6.07, 6.45) is 0.167. The van der Waals surface area contributed by atoms with Crippen LogP contribution in [0.1, 0.15) is 37.6 Å². The van der Waals surface area contributed by atoms with E-state index in [9.17, 15) is 0 Å². The minimum Gasteiger partial charge on any atom is -0.368 e. The third kappa shape index (κ3) is 2.62. The van der Waals surface area contributed by atoms with Crippen molar-refractivity contribution < 1.29 is 4.74 Å². The summed E-state index contributed by atoms with van der Waals surface area (Å²) < 4.78 is 5.77. The standard InChI is InChI=1S/C12H20N2OS/c1-12(2,3)10-8-16-11(13-10)9-7-14(4)5-6-15-9/h8-9H,5-7H2,1-4H3. The molecule has 0 amide bonds. The van der Waals surface area contributed by atoms with Crippen LogP contribution in [-0.2, 0) is 10.2 Å². The van der Waals surface area contributed by atoms with Crippen molar-refractivity contribution >= 4 is 11.3 Å². The number of hydrogen-bond donors (Lipinski definition) is 0. The predicted octanol–water partition coefficient (Wildman–Crippen LogP) is 2.44. The number of morpholine rings is 1. The van der Waals surface area contributed by atoms with Crippen molar-refractivity contribution in [1.29, 1.82) is 0 Å². The summed E-state index contributed by atoms with van der Waals surface area (Å²) >= 11 is 1.72. The Bertz CT molecular complexity index is 356. The first kappa shape index (κ1) is 12.0. The first-order valence-corrected chi connectivity index (χ1v) is 6.61. The molecule has 2 heterocycles. The summed E-state index contributed by atoms with van der Waals surface area (Å²) in [5.41, 5.74) is 1.30. The number of hydrogen-bond acceptors (Lipinski definition) is 4. The van der Waals surface area contributed by atoms with Crippen LogP contribution in [0.5, 0.6) is 0 Å². The molecule has 1 aliphatic heterocycles. The van der Waals surface area contributed by atoms with Crippen molar-refractivity contribution in [2.75, 3.05) is 26.7 Å². The largest absolute Gasteiger partial charge is 0.368 e. The maximum Gasteiger partial charge on any atom is 0.123 e. The van der Waals surface area contributed by atoms with Gasteiger partial charge in [-0.3, -0.25) is 0 Å². The summed E-state index contributed by atoms with van der Waals surface area (Å²) in [7, 11) is 2.13. The zero-order chi connectivity index (χ0) is 11.8. The van der Waals surface area contributed by atoms with E-state index in [2.05, 4.69) is 38.1 Å². The van der Waals surface area contributed by atoms with E-state index in [-0.39, 0.29) is 11.5 Å². The molecule has 0 radical (unpaired) electrons. The fourth-order valence-corrected chi connectivity index (χ4v) is 2.79. The van der Waals surface area contributed by atoms with Gasteiger partial charge in [-0.05, 0) is 7.05 Å². The molecule has 0 aromatic carbocycles. The molecular formula is C12H20N2OS. The molecule has 1 aliphatic rings. The maximum absolute atomic E-state index is 5.77. The molecular weight excluding hydrogens is 220 g/mol. The van der Waals surface area contributed by atoms with Crippen LogP contribution in [-0.4, -0.2) is 36.6 Å². The van der Waals surface area contributed by atoms with Crippen molar-refractivity contribution in [2.24, 2.45) is 0 Å². The van der Waals surface area contributed by atoms with Gasteiger partial charge in [-0.25, -0.2) is 4.98 Å². The van der Waals surface area contributed by atoms with Crippen molar-refractivity contribution in [3.05, 3.63) is 16.1 Å². The van der Waals surface area contributed by atoms with Crippen molar-refractivity contribution in [3.63, 3.8) is 0 Å². The van der Waals surface area contributed by atoms with E-state index in [0.29, 0.717) is 0 Å². The first-order chi connectivity index (χ1) is 7.47. The van der Waals surface area contributed by atoms with Gasteiger partial charge in [-0.2, -0.15) is 0 Å². The molecule has 4 heteroatoms. The summed E-state index contributed by atoms with van der Waals surface area (Å²) in [6, 6.07) is 0. The molecule has 1 aromatic rings. The Labute approximate surface area is 101 Å². The van der Waals surface area contributed by atoms with Crippen molar-refractivity contribution in [1.82, 2.24) is 9.88 Å². The van der Waals surface area contributed by atoms with Crippen LogP contribution < -0.4 is 0 Å². The Kier molecular flexibility index (Phi) is 3.33. The van der Waals surface area contributed by atoms with Gasteiger partial charge >= 0.3 is 0 Å². The summed E-state index contributed by atoms with van der Waals surface area (Å²) in [5, 5.41) is 3.28. The highest BCUT2D eigenvalue weighted by Crippen LogP contribution is 2.29. The molecule has 0 saturated carbocycles. The lowest BCUT2D eigenvalue weighted by atomic mass is 9.93. The number of nitrogens with zero attached hydrogens (tertiary/aromatic N) is 2. The highest BCUT2D eigenvalue weighted by atomic mass is 32.1. The topological polar surface area (TPSA) is 25.4 Å². The highest BCUT2D eigenvalue weighted by Gasteiger charge is 2.24. The van der Waals surface area contributed by atoms with Crippen LogP contribution in [0.15, 0.2) is 5.38 Å². The second kappa shape index (κ2) is 4.43. The van der Waals surface area contributed by atoms with E-state index in [0.717, 1.165) is 24.7 Å². The number of rotatable bonds is 1. The Morgan fingerprint density at radius 3 is 2.81 bits per heavy atom. The molecule has 2 rings (SSSR count). The van der Waals surface area contributed by atoms with Crippen LogP contribution in [0.2, 0.25) is 0 Å². The molecule has 0 aliphatic carbocycles. The third-order valence-electron chi connectivity index (χ3n) is 2.84. The fraction of sp³-hybridized carbons (Fsp3) is 0.750. The number of thiazole rings is 1. The van der Waals surface area contributed by atoms with E-state index < -0.39 is 0 Å². The lowest BCUT2D eigenvalue weighted by molar-refractivity contribution is -0.0210. The summed E-state index contributed by atoms with van der Waals surface area (Å²) in [4.78, 5) is 7.00. The van der Waals surface area contributed by atoms with E-state index >= 15 is 0 Å². The second-order valence-electron chi connectivity index (χ2n) is 5.44. The minimum atomic E-state index is 0.134. The monoisotopic (exact) mass is 240 g/mol. The van der Waals surface area contributed by atoms with Crippen LogP contribution in [0, 0.1) is 0 Å². The quantitative estimate of drug-likeness (QED) is 0.754. The Morgan fingerprint density at radius 2 is 2.25 bits per heavy atom. The highest BCUT2D eigenvalue weighted by molar-refractivity contribution is 7.09. The van der Waals surface area contributed by atoms with Gasteiger partial charge in [-0.1, -0.05) is 20.8 Å². The molecule has 0 N–H and O–H groups in total. The normalized spacial score (nSPS) is 23.6. The Balaban J connectivity index is 2.12. The maximum atomic E-state index is 5.77. The zero-order valence-corrected chi connectivity index (χ0v) is 11.3. The van der Waals surface area contributed by atoms with Gasteiger partial charge in [0.25, 0.3) is 0 Å². The molecule has 0 bridgehead atoms. The van der Waals surface area contributed by atoms with Gasteiger partial charge in [0.2, 0.25) is 0 Å². The average Bonchev–Trinajstić information content (AvgIpc) is 2.65. The third-order valence-corrected chi connectivity index (χ3v) is 3.77. The molecule has 0 spiro atoms. The molecule has 1 fully saturated rings. The number of ether oxygens (including phenoxy) is 1. The van der Waals surface area contributed by atoms with E-state index in [1.807, 2.05) is 0 Å². The SMILES string of the molecule is CN1CCOC(c2nc(C(C)(C)C)cs2)C1. The molecule has 1 saturated heterocycles. The molecule has 90 valence electrons. The molecule has 16 heavy (non-hydrogen) atoms. The summed E-state index contributed by atoms with van der Waals surface area (Å²) in [5.74, 6) is 0. The smallest absolute Gasteiger partial charge is 0.123 e. The zero-order valence-electron chi connectivity index (χ0n) is 10.5. The van der Waals surface area contributed by atoms with Gasteiger partial charge in [0.1, 0.15) is 11.1 Å². The summed E-state index contributed by atoms with van der Waals surface area (Å²) in [6.45, 7) is 9.37. The van der Waals surface area contributed by atoms with Crippen LogP contribution in [0.25, 0.3) is 0 Å². The van der Waals surface area contributed by atoms with E-state index in [1.54, 1.807) is 11.3 Å². The first-order valence-electron chi connectivity index (χ1n) is 5.73. The van der Waals surface area contributed by atoms with Crippen molar-refractivity contribution in [2.45, 2.75) is 32.3 Å². The number of likely N-dealkylation sites (N-methyl/N-ethyl adjacent to an activating group) is 1.